The van der Waals surface area contributed by atoms with Gasteiger partial charge in [-0.25, -0.2) is 9.89 Å². The largest absolute Gasteiger partial charge is 0.343 e. The van der Waals surface area contributed by atoms with Gasteiger partial charge in [-0.2, -0.15) is 5.10 Å². The number of H-pyrrole nitrogens is 1. The molecule has 0 bridgehead atoms. The summed E-state index contributed by atoms with van der Waals surface area (Å²) in [5.41, 5.74) is 1.09. The Labute approximate surface area is 92.9 Å². The molecule has 1 aromatic heterocycles. The monoisotopic (exact) mass is 215 g/mol. The molecule has 1 unspecified atom stereocenters. The highest BCUT2D eigenvalue weighted by Crippen LogP contribution is 2.27. The maximum atomic E-state index is 11.7. The maximum absolute atomic E-state index is 11.7. The van der Waals surface area contributed by atoms with Crippen molar-refractivity contribution >= 4 is 0 Å². The van der Waals surface area contributed by atoms with Gasteiger partial charge in [0.15, 0.2) is 0 Å². The van der Waals surface area contributed by atoms with E-state index < -0.39 is 0 Å². The van der Waals surface area contributed by atoms with E-state index in [1.165, 1.54) is 5.56 Å². The minimum Gasteiger partial charge on any atom is -0.271 e. The second-order valence-corrected chi connectivity index (χ2v) is 4.13. The normalized spacial score (nSPS) is 19.4. The number of rotatable bonds is 1. The van der Waals surface area contributed by atoms with Gasteiger partial charge in [-0.3, -0.25) is 4.57 Å². The molecule has 1 aliphatic rings. The van der Waals surface area contributed by atoms with Crippen LogP contribution in [0.25, 0.3) is 0 Å². The fourth-order valence-electron chi connectivity index (χ4n) is 2.41. The Kier molecular flexibility index (Phi) is 2.13. The van der Waals surface area contributed by atoms with Gasteiger partial charge < -0.3 is 0 Å². The molecule has 0 fully saturated rings. The summed E-state index contributed by atoms with van der Waals surface area (Å²) < 4.78 is 1.79. The van der Waals surface area contributed by atoms with E-state index in [0.717, 1.165) is 25.1 Å². The van der Waals surface area contributed by atoms with Crippen molar-refractivity contribution in [3.63, 3.8) is 0 Å². The number of aromatic nitrogens is 3. The first kappa shape index (κ1) is 9.39. The van der Waals surface area contributed by atoms with Crippen LogP contribution >= 0.6 is 0 Å². The Morgan fingerprint density at radius 2 is 2.12 bits per heavy atom. The quantitative estimate of drug-likeness (QED) is 0.783. The standard InChI is InChI=1S/C12H13N3O/c16-12-14-13-11-8-4-7-10(15(11)12)9-5-2-1-3-6-9/h1-3,5-6,10H,4,7-8H2,(H,14,16). The zero-order valence-electron chi connectivity index (χ0n) is 8.89. The van der Waals surface area contributed by atoms with E-state index in [-0.39, 0.29) is 11.7 Å². The van der Waals surface area contributed by atoms with Crippen LogP contribution in [0.15, 0.2) is 35.1 Å². The van der Waals surface area contributed by atoms with Crippen LogP contribution in [0.1, 0.15) is 30.3 Å². The average Bonchev–Trinajstić information content (AvgIpc) is 2.73. The van der Waals surface area contributed by atoms with Crippen molar-refractivity contribution < 1.29 is 0 Å². The molecule has 82 valence electrons. The lowest BCUT2D eigenvalue weighted by Crippen LogP contribution is -2.28. The summed E-state index contributed by atoms with van der Waals surface area (Å²) in [6, 6.07) is 10.3. The SMILES string of the molecule is O=c1[nH]nc2n1C(c1ccccc1)CCC2. The average molecular weight is 215 g/mol. The molecule has 1 atom stereocenters. The molecular formula is C12H13N3O. The Morgan fingerprint density at radius 1 is 1.31 bits per heavy atom. The van der Waals surface area contributed by atoms with E-state index >= 15 is 0 Å². The van der Waals surface area contributed by atoms with Crippen molar-refractivity contribution in [2.24, 2.45) is 0 Å². The summed E-state index contributed by atoms with van der Waals surface area (Å²) in [6.07, 6.45) is 2.99. The van der Waals surface area contributed by atoms with Gasteiger partial charge in [0.1, 0.15) is 5.82 Å². The second kappa shape index (κ2) is 3.63. The minimum atomic E-state index is -0.0939. The number of nitrogens with zero attached hydrogens (tertiary/aromatic N) is 2. The Hall–Kier alpha value is -1.84. The zero-order chi connectivity index (χ0) is 11.0. The van der Waals surface area contributed by atoms with Crippen LogP contribution in [0, 0.1) is 0 Å². The summed E-state index contributed by atoms with van der Waals surface area (Å²) in [5.74, 6) is 0.880. The number of nitrogens with one attached hydrogen (secondary N) is 1. The summed E-state index contributed by atoms with van der Waals surface area (Å²) in [7, 11) is 0. The topological polar surface area (TPSA) is 50.7 Å². The molecule has 0 aliphatic carbocycles. The zero-order valence-corrected chi connectivity index (χ0v) is 8.89. The highest BCUT2D eigenvalue weighted by atomic mass is 16.1. The second-order valence-electron chi connectivity index (χ2n) is 4.13. The van der Waals surface area contributed by atoms with Crippen LogP contribution in [-0.2, 0) is 6.42 Å². The summed E-state index contributed by atoms with van der Waals surface area (Å²) in [6.45, 7) is 0. The number of fused-ring (bicyclic) bond motifs is 1. The number of benzene rings is 1. The third-order valence-electron chi connectivity index (χ3n) is 3.15. The minimum absolute atomic E-state index is 0.0939. The van der Waals surface area contributed by atoms with E-state index in [4.69, 9.17) is 0 Å². The third kappa shape index (κ3) is 1.38. The fourth-order valence-corrected chi connectivity index (χ4v) is 2.41. The van der Waals surface area contributed by atoms with Crippen molar-refractivity contribution in [3.8, 4) is 0 Å². The van der Waals surface area contributed by atoms with Gasteiger partial charge >= 0.3 is 5.69 Å². The van der Waals surface area contributed by atoms with Gasteiger partial charge in [0, 0.05) is 6.42 Å². The van der Waals surface area contributed by atoms with Crippen molar-refractivity contribution in [1.82, 2.24) is 14.8 Å². The third-order valence-corrected chi connectivity index (χ3v) is 3.15. The Balaban J connectivity index is 2.12. The van der Waals surface area contributed by atoms with Crippen LogP contribution in [0.2, 0.25) is 0 Å². The Morgan fingerprint density at radius 3 is 2.94 bits per heavy atom. The molecule has 0 saturated heterocycles. The van der Waals surface area contributed by atoms with E-state index in [1.807, 2.05) is 18.2 Å². The molecule has 16 heavy (non-hydrogen) atoms. The molecule has 4 heteroatoms. The lowest BCUT2D eigenvalue weighted by molar-refractivity contribution is 0.442. The highest BCUT2D eigenvalue weighted by molar-refractivity contribution is 5.21. The van der Waals surface area contributed by atoms with Crippen molar-refractivity contribution in [2.75, 3.05) is 0 Å². The van der Waals surface area contributed by atoms with Crippen molar-refractivity contribution in [3.05, 3.63) is 52.2 Å². The van der Waals surface area contributed by atoms with Gasteiger partial charge in [-0.15, -0.1) is 0 Å². The molecule has 1 N–H and O–H groups in total. The van der Waals surface area contributed by atoms with Gasteiger partial charge in [0.25, 0.3) is 0 Å². The molecule has 3 rings (SSSR count). The summed E-state index contributed by atoms with van der Waals surface area (Å²) in [4.78, 5) is 11.7. The molecule has 1 aliphatic heterocycles. The number of aromatic amines is 1. The molecular weight excluding hydrogens is 202 g/mol. The summed E-state index contributed by atoms with van der Waals surface area (Å²) in [5, 5.41) is 6.59. The smallest absolute Gasteiger partial charge is 0.271 e. The van der Waals surface area contributed by atoms with E-state index in [0.29, 0.717) is 0 Å². The molecule has 0 spiro atoms. The van der Waals surface area contributed by atoms with Crippen molar-refractivity contribution in [2.45, 2.75) is 25.3 Å². The number of hydrogen-bond acceptors (Lipinski definition) is 2. The molecule has 1 aromatic carbocycles. The van der Waals surface area contributed by atoms with Crippen LogP contribution in [0.3, 0.4) is 0 Å². The van der Waals surface area contributed by atoms with Crippen LogP contribution in [0.4, 0.5) is 0 Å². The van der Waals surface area contributed by atoms with Crippen LogP contribution in [0.5, 0.6) is 0 Å². The maximum Gasteiger partial charge on any atom is 0.343 e. The summed E-state index contributed by atoms with van der Waals surface area (Å²) >= 11 is 0. The van der Waals surface area contributed by atoms with E-state index in [1.54, 1.807) is 4.57 Å². The first-order chi connectivity index (χ1) is 7.86. The highest BCUT2D eigenvalue weighted by Gasteiger charge is 2.23. The molecule has 0 radical (unpaired) electrons. The molecule has 2 aromatic rings. The number of aryl methyl sites for hydroxylation is 1. The first-order valence-corrected chi connectivity index (χ1v) is 5.57. The first-order valence-electron chi connectivity index (χ1n) is 5.57. The molecule has 4 nitrogen and oxygen atoms in total. The van der Waals surface area contributed by atoms with E-state index in [2.05, 4.69) is 22.3 Å². The van der Waals surface area contributed by atoms with Gasteiger partial charge in [-0.1, -0.05) is 30.3 Å². The van der Waals surface area contributed by atoms with E-state index in [9.17, 15) is 4.79 Å². The lowest BCUT2D eigenvalue weighted by Gasteiger charge is -2.23. The molecule has 0 amide bonds. The van der Waals surface area contributed by atoms with Gasteiger partial charge in [0.2, 0.25) is 0 Å². The van der Waals surface area contributed by atoms with Crippen LogP contribution < -0.4 is 5.69 Å². The lowest BCUT2D eigenvalue weighted by atomic mass is 9.97. The number of hydrogen-bond donors (Lipinski definition) is 1. The Bertz CT molecular complexity index is 541. The fraction of sp³-hybridized carbons (Fsp3) is 0.333. The molecule has 2 heterocycles. The predicted molar refractivity (Wildman–Crippen MR) is 60.4 cm³/mol. The van der Waals surface area contributed by atoms with Gasteiger partial charge in [0.05, 0.1) is 6.04 Å². The van der Waals surface area contributed by atoms with Crippen LogP contribution in [-0.4, -0.2) is 14.8 Å². The predicted octanol–water partition coefficient (Wildman–Crippen LogP) is 1.50. The molecule has 0 saturated carbocycles. The van der Waals surface area contributed by atoms with Gasteiger partial charge in [-0.05, 0) is 18.4 Å². The van der Waals surface area contributed by atoms with Crippen molar-refractivity contribution in [1.29, 1.82) is 0 Å².